The molecule has 1 aromatic carbocycles. The molecule has 0 bridgehead atoms. The van der Waals surface area contributed by atoms with Crippen LogP contribution in [-0.2, 0) is 0 Å². The van der Waals surface area contributed by atoms with E-state index >= 15 is 0 Å². The summed E-state index contributed by atoms with van der Waals surface area (Å²) in [5.41, 5.74) is 1.22. The van der Waals surface area contributed by atoms with Crippen molar-refractivity contribution in [3.8, 4) is 0 Å². The van der Waals surface area contributed by atoms with Crippen LogP contribution in [0.4, 0.5) is 4.39 Å². The number of benzene rings is 1. The fraction of sp³-hybridized carbons (Fsp3) is 0.200. The van der Waals surface area contributed by atoms with E-state index in [1.54, 1.807) is 18.5 Å². The van der Waals surface area contributed by atoms with Gasteiger partial charge in [-0.25, -0.2) is 4.39 Å². The topological polar surface area (TPSA) is 51.0 Å². The molecule has 1 atom stereocenters. The third-order valence-corrected chi connectivity index (χ3v) is 3.15. The average Bonchev–Trinajstić information content (AvgIpc) is 2.91. The number of hydrogen-bond acceptors (Lipinski definition) is 4. The zero-order valence-corrected chi connectivity index (χ0v) is 11.0. The van der Waals surface area contributed by atoms with E-state index in [4.69, 9.17) is 4.42 Å². The van der Waals surface area contributed by atoms with E-state index in [2.05, 4.69) is 15.5 Å². The highest BCUT2D eigenvalue weighted by atomic mass is 19.1. The highest BCUT2D eigenvalue weighted by Gasteiger charge is 2.19. The Morgan fingerprint density at radius 2 is 2.20 bits per heavy atom. The first-order valence-electron chi connectivity index (χ1n) is 6.47. The number of halogens is 1. The van der Waals surface area contributed by atoms with E-state index in [-0.39, 0.29) is 17.4 Å². The highest BCUT2D eigenvalue weighted by Crippen LogP contribution is 2.29. The van der Waals surface area contributed by atoms with Crippen molar-refractivity contribution in [3.05, 3.63) is 59.9 Å². The first-order valence-corrected chi connectivity index (χ1v) is 6.47. The maximum absolute atomic E-state index is 13.7. The number of nitrogens with one attached hydrogen (secondary N) is 1. The molecule has 0 saturated carbocycles. The van der Waals surface area contributed by atoms with Gasteiger partial charge in [0.05, 0.1) is 12.2 Å². The molecule has 0 saturated heterocycles. The molecule has 0 aliphatic heterocycles. The minimum absolute atomic E-state index is 0.165. The Hall–Kier alpha value is -2.27. The summed E-state index contributed by atoms with van der Waals surface area (Å²) in [5, 5.41) is 11.7. The van der Waals surface area contributed by atoms with Gasteiger partial charge in [0.1, 0.15) is 5.76 Å². The lowest BCUT2D eigenvalue weighted by Gasteiger charge is -2.14. The standard InChI is InChI=1S/C15H14FN3O/c1-2-17-14(11-6-7-18-19-9-11)13-8-10-4-3-5-12(16)15(10)20-13/h3-9,14,17H,2H2,1H3. The molecule has 3 rings (SSSR count). The molecule has 0 aliphatic carbocycles. The van der Waals surface area contributed by atoms with E-state index in [1.165, 1.54) is 6.07 Å². The first kappa shape index (κ1) is 12.7. The average molecular weight is 271 g/mol. The summed E-state index contributed by atoms with van der Waals surface area (Å²) in [6.45, 7) is 2.76. The van der Waals surface area contributed by atoms with Gasteiger partial charge in [-0.1, -0.05) is 19.1 Å². The van der Waals surface area contributed by atoms with Crippen molar-refractivity contribution in [2.45, 2.75) is 13.0 Å². The molecule has 4 nitrogen and oxygen atoms in total. The van der Waals surface area contributed by atoms with Crippen LogP contribution in [0.25, 0.3) is 11.0 Å². The number of aromatic nitrogens is 2. The fourth-order valence-corrected chi connectivity index (χ4v) is 2.25. The van der Waals surface area contributed by atoms with E-state index in [0.717, 1.165) is 17.5 Å². The second-order valence-electron chi connectivity index (χ2n) is 4.47. The van der Waals surface area contributed by atoms with Crippen molar-refractivity contribution in [2.75, 3.05) is 6.54 Å². The summed E-state index contributed by atoms with van der Waals surface area (Å²) in [6.07, 6.45) is 3.31. The van der Waals surface area contributed by atoms with Crippen LogP contribution in [-0.4, -0.2) is 16.7 Å². The number of hydrogen-bond donors (Lipinski definition) is 1. The Labute approximate surface area is 115 Å². The van der Waals surface area contributed by atoms with Crippen LogP contribution in [0.2, 0.25) is 0 Å². The number of nitrogens with zero attached hydrogens (tertiary/aromatic N) is 2. The predicted molar refractivity (Wildman–Crippen MR) is 73.7 cm³/mol. The summed E-state index contributed by atoms with van der Waals surface area (Å²) in [4.78, 5) is 0. The Morgan fingerprint density at radius 1 is 1.30 bits per heavy atom. The van der Waals surface area contributed by atoms with Gasteiger partial charge in [0, 0.05) is 11.6 Å². The van der Waals surface area contributed by atoms with Crippen LogP contribution in [0, 0.1) is 5.82 Å². The van der Waals surface area contributed by atoms with Gasteiger partial charge in [-0.05, 0) is 30.3 Å². The monoisotopic (exact) mass is 271 g/mol. The lowest BCUT2D eigenvalue weighted by molar-refractivity contribution is 0.464. The molecule has 20 heavy (non-hydrogen) atoms. The van der Waals surface area contributed by atoms with Crippen LogP contribution in [0.3, 0.4) is 0 Å². The quantitative estimate of drug-likeness (QED) is 0.792. The fourth-order valence-electron chi connectivity index (χ4n) is 2.25. The van der Waals surface area contributed by atoms with Crippen LogP contribution < -0.4 is 5.32 Å². The van der Waals surface area contributed by atoms with E-state index in [1.807, 2.05) is 25.1 Å². The molecule has 102 valence electrons. The van der Waals surface area contributed by atoms with Crippen molar-refractivity contribution >= 4 is 11.0 Å². The number of para-hydroxylation sites is 1. The van der Waals surface area contributed by atoms with Gasteiger partial charge in [0.2, 0.25) is 0 Å². The van der Waals surface area contributed by atoms with Gasteiger partial charge in [-0.15, -0.1) is 0 Å². The first-order chi connectivity index (χ1) is 9.79. The molecule has 0 radical (unpaired) electrons. The molecule has 0 aliphatic rings. The largest absolute Gasteiger partial charge is 0.456 e. The maximum atomic E-state index is 13.7. The van der Waals surface area contributed by atoms with Gasteiger partial charge in [-0.2, -0.15) is 10.2 Å². The van der Waals surface area contributed by atoms with Gasteiger partial charge < -0.3 is 9.73 Å². The third-order valence-electron chi connectivity index (χ3n) is 3.15. The Morgan fingerprint density at radius 3 is 2.90 bits per heavy atom. The minimum atomic E-state index is -0.350. The van der Waals surface area contributed by atoms with Crippen molar-refractivity contribution in [1.29, 1.82) is 0 Å². The molecule has 1 unspecified atom stereocenters. The Bertz CT molecular complexity index is 711. The second kappa shape index (κ2) is 5.38. The van der Waals surface area contributed by atoms with Gasteiger partial charge in [0.15, 0.2) is 11.4 Å². The minimum Gasteiger partial charge on any atom is -0.456 e. The molecular formula is C15H14FN3O. The summed E-state index contributed by atoms with van der Waals surface area (Å²) in [5.74, 6) is 0.316. The summed E-state index contributed by atoms with van der Waals surface area (Å²) in [6, 6.07) is 8.45. The molecule has 0 spiro atoms. The van der Waals surface area contributed by atoms with Crippen LogP contribution >= 0.6 is 0 Å². The highest BCUT2D eigenvalue weighted by molar-refractivity contribution is 5.78. The van der Waals surface area contributed by atoms with E-state index in [9.17, 15) is 4.39 Å². The zero-order chi connectivity index (χ0) is 13.9. The Kier molecular flexibility index (Phi) is 3.43. The molecule has 3 aromatic rings. The summed E-state index contributed by atoms with van der Waals surface area (Å²) < 4.78 is 19.4. The van der Waals surface area contributed by atoms with Gasteiger partial charge in [-0.3, -0.25) is 0 Å². The van der Waals surface area contributed by atoms with E-state index < -0.39 is 0 Å². The molecule has 2 aromatic heterocycles. The normalized spacial score (nSPS) is 12.7. The molecule has 1 N–H and O–H groups in total. The van der Waals surface area contributed by atoms with Crippen LogP contribution in [0.1, 0.15) is 24.3 Å². The molecule has 0 fully saturated rings. The van der Waals surface area contributed by atoms with Crippen molar-refractivity contribution in [1.82, 2.24) is 15.5 Å². The predicted octanol–water partition coefficient (Wildman–Crippen LogP) is 3.06. The lowest BCUT2D eigenvalue weighted by atomic mass is 10.1. The van der Waals surface area contributed by atoms with E-state index in [0.29, 0.717) is 5.76 Å². The van der Waals surface area contributed by atoms with Gasteiger partial charge >= 0.3 is 0 Å². The van der Waals surface area contributed by atoms with Crippen LogP contribution in [0.5, 0.6) is 0 Å². The van der Waals surface area contributed by atoms with Gasteiger partial charge in [0.25, 0.3) is 0 Å². The van der Waals surface area contributed by atoms with Crippen molar-refractivity contribution < 1.29 is 8.81 Å². The zero-order valence-electron chi connectivity index (χ0n) is 11.0. The number of furan rings is 1. The SMILES string of the molecule is CCNC(c1ccnnc1)c1cc2cccc(F)c2o1. The summed E-state index contributed by atoms with van der Waals surface area (Å²) in [7, 11) is 0. The second-order valence-corrected chi connectivity index (χ2v) is 4.47. The smallest absolute Gasteiger partial charge is 0.169 e. The number of rotatable bonds is 4. The molecular weight excluding hydrogens is 257 g/mol. The van der Waals surface area contributed by atoms with Crippen molar-refractivity contribution in [2.24, 2.45) is 0 Å². The maximum Gasteiger partial charge on any atom is 0.169 e. The Balaban J connectivity index is 2.08. The molecule has 2 heterocycles. The molecule has 0 amide bonds. The number of fused-ring (bicyclic) bond motifs is 1. The lowest BCUT2D eigenvalue weighted by Crippen LogP contribution is -2.21. The van der Waals surface area contributed by atoms with Crippen LogP contribution in [0.15, 0.2) is 47.1 Å². The molecule has 5 heteroatoms. The summed E-state index contributed by atoms with van der Waals surface area (Å²) >= 11 is 0. The third kappa shape index (κ3) is 2.28. The van der Waals surface area contributed by atoms with Crippen molar-refractivity contribution in [3.63, 3.8) is 0 Å².